The summed E-state index contributed by atoms with van der Waals surface area (Å²) in [4.78, 5) is 5.98. The van der Waals surface area contributed by atoms with Gasteiger partial charge in [-0.25, -0.2) is 4.98 Å². The molecule has 1 saturated heterocycles. The van der Waals surface area contributed by atoms with Crippen LogP contribution in [0.2, 0.25) is 0 Å². The molecular weight excluding hydrogens is 345 g/mol. The van der Waals surface area contributed by atoms with Gasteiger partial charge in [0.05, 0.1) is 24.5 Å². The zero-order valence-corrected chi connectivity index (χ0v) is 14.3. The molecular formula is C18H19F3N4O. The van der Waals surface area contributed by atoms with E-state index in [1.54, 1.807) is 0 Å². The maximum Gasteiger partial charge on any atom is 0.417 e. The quantitative estimate of drug-likeness (QED) is 0.663. The summed E-state index contributed by atoms with van der Waals surface area (Å²) < 4.78 is 42.9. The summed E-state index contributed by atoms with van der Waals surface area (Å²) in [6.45, 7) is 5.01. The molecule has 0 aliphatic carbocycles. The maximum absolute atomic E-state index is 12.5. The van der Waals surface area contributed by atoms with Crippen LogP contribution in [0.15, 0.2) is 47.7 Å². The van der Waals surface area contributed by atoms with Gasteiger partial charge in [-0.1, -0.05) is 12.1 Å². The first-order valence-corrected chi connectivity index (χ1v) is 8.20. The van der Waals surface area contributed by atoms with E-state index in [0.29, 0.717) is 5.71 Å². The number of rotatable bonds is 4. The predicted octanol–water partition coefficient (Wildman–Crippen LogP) is 3.77. The third-order valence-corrected chi connectivity index (χ3v) is 4.09. The summed E-state index contributed by atoms with van der Waals surface area (Å²) in [5, 5.41) is 4.19. The van der Waals surface area contributed by atoms with Crippen LogP contribution in [0, 0.1) is 0 Å². The highest BCUT2D eigenvalue weighted by Gasteiger charge is 2.30. The molecule has 26 heavy (non-hydrogen) atoms. The SMILES string of the molecule is C/C(=N\Nc1ccc(C(F)(F)F)cn1)c1ccc(N2CCOCC2)cc1. The molecule has 3 rings (SSSR count). The topological polar surface area (TPSA) is 49.8 Å². The Bertz CT molecular complexity index is 752. The molecule has 0 saturated carbocycles. The monoisotopic (exact) mass is 364 g/mol. The summed E-state index contributed by atoms with van der Waals surface area (Å²) in [6, 6.07) is 10.2. The molecule has 1 aromatic heterocycles. The van der Waals surface area contributed by atoms with Gasteiger partial charge in [0.15, 0.2) is 0 Å². The number of morpholine rings is 1. The minimum Gasteiger partial charge on any atom is -0.378 e. The number of halogens is 3. The van der Waals surface area contributed by atoms with Crippen molar-refractivity contribution in [3.8, 4) is 0 Å². The van der Waals surface area contributed by atoms with Gasteiger partial charge in [-0.2, -0.15) is 18.3 Å². The first kappa shape index (κ1) is 18.2. The fourth-order valence-electron chi connectivity index (χ4n) is 2.57. The lowest BCUT2D eigenvalue weighted by molar-refractivity contribution is -0.137. The van der Waals surface area contributed by atoms with Gasteiger partial charge in [0.2, 0.25) is 0 Å². The predicted molar refractivity (Wildman–Crippen MR) is 94.5 cm³/mol. The number of hydrogen-bond donors (Lipinski definition) is 1. The summed E-state index contributed by atoms with van der Waals surface area (Å²) in [5.41, 5.74) is 4.65. The molecule has 0 bridgehead atoms. The van der Waals surface area contributed by atoms with Crippen LogP contribution in [0.4, 0.5) is 24.7 Å². The lowest BCUT2D eigenvalue weighted by atomic mass is 10.1. The van der Waals surface area contributed by atoms with Gasteiger partial charge < -0.3 is 9.64 Å². The number of nitrogens with zero attached hydrogens (tertiary/aromatic N) is 3. The van der Waals surface area contributed by atoms with Crippen LogP contribution < -0.4 is 10.3 Å². The lowest BCUT2D eigenvalue weighted by Crippen LogP contribution is -2.36. The third-order valence-electron chi connectivity index (χ3n) is 4.09. The van der Waals surface area contributed by atoms with E-state index >= 15 is 0 Å². The van der Waals surface area contributed by atoms with E-state index < -0.39 is 11.7 Å². The van der Waals surface area contributed by atoms with Gasteiger partial charge in [-0.3, -0.25) is 5.43 Å². The average Bonchev–Trinajstić information content (AvgIpc) is 2.66. The molecule has 1 N–H and O–H groups in total. The summed E-state index contributed by atoms with van der Waals surface area (Å²) in [6.07, 6.45) is -3.61. The lowest BCUT2D eigenvalue weighted by Gasteiger charge is -2.28. The molecule has 0 unspecified atom stereocenters. The van der Waals surface area contributed by atoms with Crippen molar-refractivity contribution in [1.29, 1.82) is 0 Å². The van der Waals surface area contributed by atoms with E-state index in [2.05, 4.69) is 20.4 Å². The number of ether oxygens (including phenoxy) is 1. The highest BCUT2D eigenvalue weighted by molar-refractivity contribution is 5.99. The van der Waals surface area contributed by atoms with Crippen LogP contribution in [0.1, 0.15) is 18.1 Å². The Hall–Kier alpha value is -2.61. The van der Waals surface area contributed by atoms with Crippen LogP contribution in [-0.4, -0.2) is 37.0 Å². The Morgan fingerprint density at radius 3 is 2.38 bits per heavy atom. The standard InChI is InChI=1S/C18H19F3N4O/c1-13(23-24-17-7-4-15(12-22-17)18(19,20)21)14-2-5-16(6-3-14)25-8-10-26-11-9-25/h2-7,12H,8-11H2,1H3,(H,22,24)/b23-13+. The third kappa shape index (κ3) is 4.51. The molecule has 2 heterocycles. The molecule has 2 aromatic rings. The van der Waals surface area contributed by atoms with Crippen molar-refractivity contribution < 1.29 is 17.9 Å². The number of pyridine rings is 1. The van der Waals surface area contributed by atoms with E-state index in [4.69, 9.17) is 4.74 Å². The first-order chi connectivity index (χ1) is 12.4. The molecule has 0 radical (unpaired) electrons. The number of alkyl halides is 3. The Morgan fingerprint density at radius 1 is 1.12 bits per heavy atom. The normalized spacial score (nSPS) is 15.8. The second kappa shape index (κ2) is 7.74. The highest BCUT2D eigenvalue weighted by atomic mass is 19.4. The van der Waals surface area contributed by atoms with E-state index in [0.717, 1.165) is 49.8 Å². The highest BCUT2D eigenvalue weighted by Crippen LogP contribution is 2.28. The second-order valence-electron chi connectivity index (χ2n) is 5.89. The molecule has 5 nitrogen and oxygen atoms in total. The van der Waals surface area contributed by atoms with Crippen molar-refractivity contribution in [2.75, 3.05) is 36.6 Å². The number of aromatic nitrogens is 1. The summed E-state index contributed by atoms with van der Waals surface area (Å²) in [7, 11) is 0. The van der Waals surface area contributed by atoms with Crippen molar-refractivity contribution in [2.24, 2.45) is 5.10 Å². The molecule has 1 aliphatic rings. The zero-order chi connectivity index (χ0) is 18.6. The van der Waals surface area contributed by atoms with E-state index in [1.165, 1.54) is 6.07 Å². The van der Waals surface area contributed by atoms with Gasteiger partial charge in [-0.05, 0) is 36.8 Å². The molecule has 0 spiro atoms. The van der Waals surface area contributed by atoms with Gasteiger partial charge >= 0.3 is 6.18 Å². The smallest absolute Gasteiger partial charge is 0.378 e. The number of nitrogens with one attached hydrogen (secondary N) is 1. The molecule has 1 fully saturated rings. The van der Waals surface area contributed by atoms with Crippen molar-refractivity contribution in [2.45, 2.75) is 13.1 Å². The first-order valence-electron chi connectivity index (χ1n) is 8.20. The maximum atomic E-state index is 12.5. The molecule has 8 heteroatoms. The van der Waals surface area contributed by atoms with Gasteiger partial charge in [0.1, 0.15) is 5.82 Å². The van der Waals surface area contributed by atoms with Crippen LogP contribution in [-0.2, 0) is 10.9 Å². The van der Waals surface area contributed by atoms with E-state index in [9.17, 15) is 13.2 Å². The van der Waals surface area contributed by atoms with E-state index in [1.807, 2.05) is 31.2 Å². The van der Waals surface area contributed by atoms with Crippen molar-refractivity contribution in [1.82, 2.24) is 4.98 Å². The molecule has 1 aliphatic heterocycles. The Kier molecular flexibility index (Phi) is 5.41. The van der Waals surface area contributed by atoms with Crippen LogP contribution in [0.3, 0.4) is 0 Å². The fourth-order valence-corrected chi connectivity index (χ4v) is 2.57. The molecule has 0 atom stereocenters. The number of hydrogen-bond acceptors (Lipinski definition) is 5. The van der Waals surface area contributed by atoms with Gasteiger partial charge in [-0.15, -0.1) is 0 Å². The zero-order valence-electron chi connectivity index (χ0n) is 14.3. The summed E-state index contributed by atoms with van der Waals surface area (Å²) in [5.74, 6) is 0.252. The number of hydrazone groups is 1. The van der Waals surface area contributed by atoms with Crippen molar-refractivity contribution in [3.63, 3.8) is 0 Å². The second-order valence-corrected chi connectivity index (χ2v) is 5.89. The Labute approximate surface area is 149 Å². The number of anilines is 2. The fraction of sp³-hybridized carbons (Fsp3) is 0.333. The molecule has 0 amide bonds. The summed E-state index contributed by atoms with van der Waals surface area (Å²) >= 11 is 0. The Balaban J connectivity index is 1.64. The van der Waals surface area contributed by atoms with Crippen LogP contribution in [0.25, 0.3) is 0 Å². The Morgan fingerprint density at radius 2 is 1.81 bits per heavy atom. The van der Waals surface area contributed by atoms with E-state index in [-0.39, 0.29) is 5.82 Å². The van der Waals surface area contributed by atoms with Gasteiger partial charge in [0, 0.05) is 25.0 Å². The minimum atomic E-state index is -4.40. The van der Waals surface area contributed by atoms with Gasteiger partial charge in [0.25, 0.3) is 0 Å². The molecule has 138 valence electrons. The van der Waals surface area contributed by atoms with Crippen LogP contribution >= 0.6 is 0 Å². The largest absolute Gasteiger partial charge is 0.417 e. The minimum absolute atomic E-state index is 0.252. The van der Waals surface area contributed by atoms with Crippen molar-refractivity contribution >= 4 is 17.2 Å². The number of benzene rings is 1. The van der Waals surface area contributed by atoms with Crippen molar-refractivity contribution in [3.05, 3.63) is 53.7 Å². The average molecular weight is 364 g/mol. The van der Waals surface area contributed by atoms with Crippen LogP contribution in [0.5, 0.6) is 0 Å². The molecule has 1 aromatic carbocycles.